The first-order chi connectivity index (χ1) is 9.63. The van der Waals surface area contributed by atoms with Gasteiger partial charge in [-0.1, -0.05) is 19.4 Å². The summed E-state index contributed by atoms with van der Waals surface area (Å²) in [4.78, 5) is 0. The number of rotatable bonds is 5. The largest absolute Gasteiger partial charge is 0.497 e. The Morgan fingerprint density at radius 3 is 2.50 bits per heavy atom. The van der Waals surface area contributed by atoms with E-state index in [1.54, 1.807) is 7.11 Å². The van der Waals surface area contributed by atoms with Crippen molar-refractivity contribution in [2.75, 3.05) is 7.11 Å². The third-order valence-corrected chi connectivity index (χ3v) is 4.38. The van der Waals surface area contributed by atoms with Crippen LogP contribution in [0.25, 0.3) is 0 Å². The number of hydrogen-bond donors (Lipinski definition) is 1. The minimum absolute atomic E-state index is 0.0251. The van der Waals surface area contributed by atoms with Gasteiger partial charge in [-0.05, 0) is 44.6 Å². The van der Waals surface area contributed by atoms with Gasteiger partial charge < -0.3 is 15.2 Å². The second kappa shape index (κ2) is 6.98. The van der Waals surface area contributed by atoms with Gasteiger partial charge in [-0.25, -0.2) is 0 Å². The van der Waals surface area contributed by atoms with Crippen LogP contribution in [0.2, 0.25) is 0 Å². The molecule has 2 N–H and O–H groups in total. The zero-order valence-electron chi connectivity index (χ0n) is 12.9. The zero-order chi connectivity index (χ0) is 14.5. The first-order valence-corrected chi connectivity index (χ1v) is 7.74. The van der Waals surface area contributed by atoms with Crippen molar-refractivity contribution < 1.29 is 9.47 Å². The lowest BCUT2D eigenvalue weighted by molar-refractivity contribution is 0.128. The fourth-order valence-corrected chi connectivity index (χ4v) is 2.96. The molecule has 0 bridgehead atoms. The van der Waals surface area contributed by atoms with E-state index in [2.05, 4.69) is 6.92 Å². The van der Waals surface area contributed by atoms with E-state index in [0.29, 0.717) is 6.10 Å². The van der Waals surface area contributed by atoms with E-state index < -0.39 is 0 Å². The molecule has 3 heteroatoms. The summed E-state index contributed by atoms with van der Waals surface area (Å²) in [6.07, 6.45) is 6.46. The summed E-state index contributed by atoms with van der Waals surface area (Å²) >= 11 is 0. The normalized spacial score (nSPS) is 24.2. The molecule has 112 valence electrons. The van der Waals surface area contributed by atoms with Gasteiger partial charge in [-0.15, -0.1) is 0 Å². The SMILES string of the molecule is CCC1CCC(Oc2cc(OC)ccc2[C@H](C)N)CC1. The Bertz CT molecular complexity index is 423. The van der Waals surface area contributed by atoms with E-state index >= 15 is 0 Å². The van der Waals surface area contributed by atoms with E-state index in [9.17, 15) is 0 Å². The molecule has 1 aromatic carbocycles. The van der Waals surface area contributed by atoms with Gasteiger partial charge in [0.1, 0.15) is 11.5 Å². The highest BCUT2D eigenvalue weighted by atomic mass is 16.5. The van der Waals surface area contributed by atoms with Crippen LogP contribution in [-0.4, -0.2) is 13.2 Å². The number of nitrogens with two attached hydrogens (primary N) is 1. The Kier molecular flexibility index (Phi) is 5.30. The summed E-state index contributed by atoms with van der Waals surface area (Å²) in [7, 11) is 1.68. The summed E-state index contributed by atoms with van der Waals surface area (Å²) < 4.78 is 11.5. The molecule has 0 saturated heterocycles. The summed E-state index contributed by atoms with van der Waals surface area (Å²) in [5.74, 6) is 2.60. The quantitative estimate of drug-likeness (QED) is 0.882. The van der Waals surface area contributed by atoms with Crippen LogP contribution in [0, 0.1) is 5.92 Å². The molecular formula is C17H27NO2. The van der Waals surface area contributed by atoms with Gasteiger partial charge in [-0.3, -0.25) is 0 Å². The fourth-order valence-electron chi connectivity index (χ4n) is 2.96. The van der Waals surface area contributed by atoms with Gasteiger partial charge in [0.05, 0.1) is 13.2 Å². The van der Waals surface area contributed by atoms with Gasteiger partial charge in [0, 0.05) is 17.7 Å². The molecule has 1 aliphatic carbocycles. The summed E-state index contributed by atoms with van der Waals surface area (Å²) in [5, 5.41) is 0. The lowest BCUT2D eigenvalue weighted by Crippen LogP contribution is -2.24. The predicted octanol–water partition coefficient (Wildman–Crippen LogP) is 4.06. The Morgan fingerprint density at radius 1 is 1.25 bits per heavy atom. The van der Waals surface area contributed by atoms with E-state index in [4.69, 9.17) is 15.2 Å². The summed E-state index contributed by atoms with van der Waals surface area (Å²) in [6, 6.07) is 5.89. The van der Waals surface area contributed by atoms with Crippen molar-refractivity contribution >= 4 is 0 Å². The minimum Gasteiger partial charge on any atom is -0.497 e. The topological polar surface area (TPSA) is 44.5 Å². The van der Waals surface area contributed by atoms with Crippen LogP contribution in [0.3, 0.4) is 0 Å². The Labute approximate surface area is 122 Å². The first-order valence-electron chi connectivity index (χ1n) is 7.74. The third-order valence-electron chi connectivity index (χ3n) is 4.38. The molecule has 0 unspecified atom stereocenters. The minimum atomic E-state index is -0.0251. The highest BCUT2D eigenvalue weighted by Crippen LogP contribution is 2.33. The lowest BCUT2D eigenvalue weighted by atomic mass is 9.86. The predicted molar refractivity (Wildman–Crippen MR) is 82.3 cm³/mol. The maximum atomic E-state index is 6.22. The van der Waals surface area contributed by atoms with Crippen molar-refractivity contribution in [3.05, 3.63) is 23.8 Å². The van der Waals surface area contributed by atoms with Gasteiger partial charge in [0.25, 0.3) is 0 Å². The van der Waals surface area contributed by atoms with Crippen LogP contribution in [0.15, 0.2) is 18.2 Å². The first kappa shape index (κ1) is 15.2. The molecule has 0 spiro atoms. The highest BCUT2D eigenvalue weighted by Gasteiger charge is 2.22. The maximum absolute atomic E-state index is 6.22. The van der Waals surface area contributed by atoms with Crippen LogP contribution in [-0.2, 0) is 0 Å². The molecule has 0 radical (unpaired) electrons. The molecular weight excluding hydrogens is 250 g/mol. The Morgan fingerprint density at radius 2 is 1.95 bits per heavy atom. The number of ether oxygens (including phenoxy) is 2. The Hall–Kier alpha value is -1.22. The fraction of sp³-hybridized carbons (Fsp3) is 0.647. The van der Waals surface area contributed by atoms with Crippen LogP contribution in [0.5, 0.6) is 11.5 Å². The van der Waals surface area contributed by atoms with Gasteiger partial charge in [0.15, 0.2) is 0 Å². The zero-order valence-corrected chi connectivity index (χ0v) is 12.9. The summed E-state index contributed by atoms with van der Waals surface area (Å²) in [6.45, 7) is 4.27. The molecule has 1 atom stereocenters. The van der Waals surface area contributed by atoms with Crippen molar-refractivity contribution in [1.82, 2.24) is 0 Å². The van der Waals surface area contributed by atoms with Crippen molar-refractivity contribution in [3.63, 3.8) is 0 Å². The number of hydrogen-bond acceptors (Lipinski definition) is 3. The van der Waals surface area contributed by atoms with Gasteiger partial charge >= 0.3 is 0 Å². The van der Waals surface area contributed by atoms with E-state index in [0.717, 1.165) is 35.8 Å². The second-order valence-electron chi connectivity index (χ2n) is 5.86. The third kappa shape index (κ3) is 3.66. The van der Waals surface area contributed by atoms with Crippen LogP contribution in [0.1, 0.15) is 57.6 Å². The van der Waals surface area contributed by atoms with Crippen LogP contribution < -0.4 is 15.2 Å². The van der Waals surface area contributed by atoms with Gasteiger partial charge in [0.2, 0.25) is 0 Å². The van der Waals surface area contributed by atoms with Crippen molar-refractivity contribution in [3.8, 4) is 11.5 Å². The summed E-state index contributed by atoms with van der Waals surface area (Å²) in [5.41, 5.74) is 7.09. The number of methoxy groups -OCH3 is 1. The van der Waals surface area contributed by atoms with E-state index in [1.165, 1.54) is 19.3 Å². The molecule has 1 aliphatic rings. The average molecular weight is 277 g/mol. The molecule has 0 amide bonds. The maximum Gasteiger partial charge on any atom is 0.128 e. The molecule has 0 heterocycles. The Balaban J connectivity index is 2.07. The smallest absolute Gasteiger partial charge is 0.128 e. The number of benzene rings is 1. The average Bonchev–Trinajstić information content (AvgIpc) is 2.47. The standard InChI is InChI=1S/C17H27NO2/c1-4-13-5-7-14(8-6-13)20-17-11-15(19-3)9-10-16(17)12(2)18/h9-14H,4-8,18H2,1-3H3/t12-,13?,14?/m0/s1. The molecule has 1 fully saturated rings. The van der Waals surface area contributed by atoms with Crippen LogP contribution >= 0.6 is 0 Å². The lowest BCUT2D eigenvalue weighted by Gasteiger charge is -2.29. The van der Waals surface area contributed by atoms with Crippen molar-refractivity contribution in [1.29, 1.82) is 0 Å². The monoisotopic (exact) mass is 277 g/mol. The van der Waals surface area contributed by atoms with Crippen molar-refractivity contribution in [2.24, 2.45) is 11.7 Å². The van der Waals surface area contributed by atoms with Crippen molar-refractivity contribution in [2.45, 2.75) is 58.1 Å². The molecule has 0 aromatic heterocycles. The molecule has 3 nitrogen and oxygen atoms in total. The van der Waals surface area contributed by atoms with E-state index in [-0.39, 0.29) is 6.04 Å². The van der Waals surface area contributed by atoms with Gasteiger partial charge in [-0.2, -0.15) is 0 Å². The highest BCUT2D eigenvalue weighted by molar-refractivity contribution is 5.42. The molecule has 1 saturated carbocycles. The molecule has 20 heavy (non-hydrogen) atoms. The van der Waals surface area contributed by atoms with Crippen LogP contribution in [0.4, 0.5) is 0 Å². The molecule has 2 rings (SSSR count). The molecule has 1 aromatic rings. The van der Waals surface area contributed by atoms with E-state index in [1.807, 2.05) is 25.1 Å². The molecule has 0 aliphatic heterocycles. The second-order valence-corrected chi connectivity index (χ2v) is 5.86.